The monoisotopic (exact) mass is 207 g/mol. The van der Waals surface area contributed by atoms with Crippen LogP contribution in [0.3, 0.4) is 0 Å². The Morgan fingerprint density at radius 1 is 1.33 bits per heavy atom. The predicted molar refractivity (Wildman–Crippen MR) is 56.9 cm³/mol. The molecule has 0 bridgehead atoms. The van der Waals surface area contributed by atoms with E-state index in [1.54, 1.807) is 19.1 Å². The largest absolute Gasteiger partial charge is 0.373 e. The van der Waals surface area contributed by atoms with Crippen LogP contribution in [-0.4, -0.2) is 5.97 Å². The number of carbonyl (C=O) groups is 1. The minimum atomic E-state index is -0.466. The van der Waals surface area contributed by atoms with Gasteiger partial charge in [0.15, 0.2) is 0 Å². The third-order valence-electron chi connectivity index (χ3n) is 2.01. The van der Waals surface area contributed by atoms with Gasteiger partial charge < -0.3 is 0 Å². The fourth-order valence-electron chi connectivity index (χ4n) is 0.988. The van der Waals surface area contributed by atoms with Gasteiger partial charge in [0.1, 0.15) is 6.10 Å². The maximum Gasteiger partial charge on any atom is 0.373 e. The fraction of sp³-hybridized carbons (Fsp3) is 0.333. The molecular weight excluding hydrogens is 192 g/mol. The van der Waals surface area contributed by atoms with Gasteiger partial charge in [-0.1, -0.05) is 24.6 Å². The molecule has 3 nitrogen and oxygen atoms in total. The van der Waals surface area contributed by atoms with Crippen LogP contribution >= 0.6 is 0 Å². The van der Waals surface area contributed by atoms with Gasteiger partial charge in [-0.2, -0.15) is 4.89 Å². The molecule has 1 rings (SSSR count). The van der Waals surface area contributed by atoms with Crippen LogP contribution in [0.5, 0.6) is 0 Å². The van der Waals surface area contributed by atoms with Crippen molar-refractivity contribution < 1.29 is 14.6 Å². The van der Waals surface area contributed by atoms with E-state index in [1.165, 1.54) is 0 Å². The Hall–Kier alpha value is -1.35. The minimum Gasteiger partial charge on any atom is -0.292 e. The smallest absolute Gasteiger partial charge is 0.292 e. The van der Waals surface area contributed by atoms with E-state index < -0.39 is 5.97 Å². The average Bonchev–Trinajstić information content (AvgIpc) is 2.25. The van der Waals surface area contributed by atoms with Gasteiger partial charge in [-0.3, -0.25) is 4.89 Å². The summed E-state index contributed by atoms with van der Waals surface area (Å²) in [6.07, 6.45) is 1.40. The molecule has 0 fully saturated rings. The Kier molecular flexibility index (Phi) is 4.31. The molecule has 1 aromatic carbocycles. The van der Waals surface area contributed by atoms with Gasteiger partial charge in [0.05, 0.1) is 5.56 Å². The van der Waals surface area contributed by atoms with Gasteiger partial charge in [0, 0.05) is 0 Å². The lowest BCUT2D eigenvalue weighted by atomic mass is 10.1. The average molecular weight is 207 g/mol. The van der Waals surface area contributed by atoms with Crippen LogP contribution in [0, 0.1) is 13.0 Å². The van der Waals surface area contributed by atoms with Crippen molar-refractivity contribution in [1.82, 2.24) is 0 Å². The van der Waals surface area contributed by atoms with Crippen molar-refractivity contribution in [3.8, 4) is 0 Å². The van der Waals surface area contributed by atoms with Crippen molar-refractivity contribution in [2.24, 2.45) is 0 Å². The first-order valence-electron chi connectivity index (χ1n) is 4.91. The van der Waals surface area contributed by atoms with E-state index in [4.69, 9.17) is 4.89 Å². The van der Waals surface area contributed by atoms with Crippen molar-refractivity contribution in [3.63, 3.8) is 0 Å². The van der Waals surface area contributed by atoms with Crippen LogP contribution in [0.4, 0.5) is 0 Å². The molecule has 1 radical (unpaired) electrons. The number of hydrogen-bond donors (Lipinski definition) is 0. The lowest BCUT2D eigenvalue weighted by Crippen LogP contribution is -2.08. The van der Waals surface area contributed by atoms with Crippen molar-refractivity contribution in [2.75, 3.05) is 0 Å². The molecule has 15 heavy (non-hydrogen) atoms. The number of carbonyl (C=O) groups excluding carboxylic acids is 1. The Bertz CT molecular complexity index is 333. The van der Waals surface area contributed by atoms with E-state index >= 15 is 0 Å². The highest BCUT2D eigenvalue weighted by molar-refractivity contribution is 5.89. The van der Waals surface area contributed by atoms with Crippen LogP contribution < -0.4 is 0 Å². The molecule has 0 atom stereocenters. The van der Waals surface area contributed by atoms with E-state index in [9.17, 15) is 4.79 Å². The van der Waals surface area contributed by atoms with Crippen molar-refractivity contribution in [1.29, 1.82) is 0 Å². The van der Waals surface area contributed by atoms with E-state index in [1.807, 2.05) is 26.0 Å². The van der Waals surface area contributed by atoms with Gasteiger partial charge in [-0.05, 0) is 32.4 Å². The van der Waals surface area contributed by atoms with Gasteiger partial charge in [0.2, 0.25) is 0 Å². The van der Waals surface area contributed by atoms with Crippen LogP contribution in [0.25, 0.3) is 0 Å². The Morgan fingerprint density at radius 2 is 2.07 bits per heavy atom. The van der Waals surface area contributed by atoms with Crippen LogP contribution in [0.2, 0.25) is 0 Å². The van der Waals surface area contributed by atoms with E-state index in [0.717, 1.165) is 12.0 Å². The maximum absolute atomic E-state index is 11.5. The third-order valence-corrected chi connectivity index (χ3v) is 2.01. The molecule has 1 aromatic rings. The second kappa shape index (κ2) is 5.51. The SMILES string of the molecule is CC[C](C)OOC(=O)c1cccc(C)c1. The summed E-state index contributed by atoms with van der Waals surface area (Å²) >= 11 is 0. The molecule has 0 aliphatic heterocycles. The standard InChI is InChI=1S/C12H15O3/c1-4-10(3)14-15-12(13)11-7-5-6-9(2)8-11/h5-8H,4H2,1-3H3. The summed E-state index contributed by atoms with van der Waals surface area (Å²) in [6, 6.07) is 7.18. The van der Waals surface area contributed by atoms with Gasteiger partial charge in [0.25, 0.3) is 0 Å². The molecule has 0 amide bonds. The van der Waals surface area contributed by atoms with Crippen molar-refractivity contribution >= 4 is 5.97 Å². The summed E-state index contributed by atoms with van der Waals surface area (Å²) in [4.78, 5) is 20.9. The quantitative estimate of drug-likeness (QED) is 0.562. The molecule has 0 N–H and O–H groups in total. The molecule has 0 saturated carbocycles. The van der Waals surface area contributed by atoms with Crippen LogP contribution in [-0.2, 0) is 9.78 Å². The molecule has 0 spiro atoms. The van der Waals surface area contributed by atoms with E-state index in [0.29, 0.717) is 11.7 Å². The summed E-state index contributed by atoms with van der Waals surface area (Å²) in [6.45, 7) is 5.61. The molecule has 81 valence electrons. The Balaban J connectivity index is 2.54. The van der Waals surface area contributed by atoms with Gasteiger partial charge >= 0.3 is 5.97 Å². The fourth-order valence-corrected chi connectivity index (χ4v) is 0.988. The molecule has 0 saturated heterocycles. The van der Waals surface area contributed by atoms with Crippen LogP contribution in [0.15, 0.2) is 24.3 Å². The number of benzene rings is 1. The van der Waals surface area contributed by atoms with Crippen LogP contribution in [0.1, 0.15) is 36.2 Å². The predicted octanol–water partition coefficient (Wildman–Crippen LogP) is 3.05. The highest BCUT2D eigenvalue weighted by Gasteiger charge is 2.10. The lowest BCUT2D eigenvalue weighted by molar-refractivity contribution is -0.232. The molecular formula is C12H15O3. The molecule has 0 aliphatic carbocycles. The van der Waals surface area contributed by atoms with Gasteiger partial charge in [-0.25, -0.2) is 4.79 Å². The third kappa shape index (κ3) is 3.72. The van der Waals surface area contributed by atoms with Crippen molar-refractivity contribution in [2.45, 2.75) is 27.2 Å². The highest BCUT2D eigenvalue weighted by Crippen LogP contribution is 2.10. The molecule has 0 unspecified atom stereocenters. The summed E-state index contributed by atoms with van der Waals surface area (Å²) in [5.74, 6) is -0.466. The number of rotatable bonds is 4. The Labute approximate surface area is 89.9 Å². The van der Waals surface area contributed by atoms with Crippen molar-refractivity contribution in [3.05, 3.63) is 41.5 Å². The van der Waals surface area contributed by atoms with E-state index in [-0.39, 0.29) is 0 Å². The number of hydrogen-bond acceptors (Lipinski definition) is 3. The topological polar surface area (TPSA) is 35.5 Å². The normalized spacial score (nSPS) is 10.4. The first kappa shape index (κ1) is 11.7. The summed E-state index contributed by atoms with van der Waals surface area (Å²) in [5.41, 5.74) is 1.51. The second-order valence-corrected chi connectivity index (χ2v) is 3.38. The summed E-state index contributed by atoms with van der Waals surface area (Å²) in [5, 5.41) is 0. The highest BCUT2D eigenvalue weighted by atomic mass is 17.2. The minimum absolute atomic E-state index is 0.466. The van der Waals surface area contributed by atoms with E-state index in [2.05, 4.69) is 4.89 Å². The summed E-state index contributed by atoms with van der Waals surface area (Å²) in [7, 11) is 0. The first-order valence-corrected chi connectivity index (χ1v) is 4.91. The summed E-state index contributed by atoms with van der Waals surface area (Å²) < 4.78 is 0. The zero-order valence-electron chi connectivity index (χ0n) is 9.24. The lowest BCUT2D eigenvalue weighted by Gasteiger charge is -2.07. The molecule has 0 aliphatic rings. The zero-order chi connectivity index (χ0) is 11.3. The zero-order valence-corrected chi connectivity index (χ0v) is 9.24. The molecule has 0 heterocycles. The molecule has 0 aromatic heterocycles. The number of aryl methyl sites for hydroxylation is 1. The Morgan fingerprint density at radius 3 is 2.67 bits per heavy atom. The second-order valence-electron chi connectivity index (χ2n) is 3.38. The van der Waals surface area contributed by atoms with Gasteiger partial charge in [-0.15, -0.1) is 0 Å². The first-order chi connectivity index (χ1) is 7.13. The molecule has 3 heteroatoms. The maximum atomic E-state index is 11.5.